The summed E-state index contributed by atoms with van der Waals surface area (Å²) in [7, 11) is 0. The molecule has 16 heavy (non-hydrogen) atoms. The van der Waals surface area contributed by atoms with Crippen molar-refractivity contribution in [1.82, 2.24) is 0 Å². The fourth-order valence-electron chi connectivity index (χ4n) is 4.75. The normalized spacial score (nSPS) is 40.9. The topological polar surface area (TPSA) is 0 Å². The van der Waals surface area contributed by atoms with Gasteiger partial charge in [-0.1, -0.05) is 53.4 Å². The Hall–Kier alpha value is 0. The van der Waals surface area contributed by atoms with Crippen LogP contribution >= 0.6 is 0 Å². The van der Waals surface area contributed by atoms with Crippen molar-refractivity contribution in [2.45, 2.75) is 72.6 Å². The van der Waals surface area contributed by atoms with Crippen LogP contribution < -0.4 is 0 Å². The van der Waals surface area contributed by atoms with Gasteiger partial charge in [0.05, 0.1) is 0 Å². The fraction of sp³-hybridized carbons (Fsp3) is 1.00. The van der Waals surface area contributed by atoms with Crippen LogP contribution in [0.4, 0.5) is 0 Å². The van der Waals surface area contributed by atoms with Gasteiger partial charge in [-0.2, -0.15) is 0 Å². The monoisotopic (exact) mass is 222 g/mol. The smallest absolute Gasteiger partial charge is 0.0334 e. The third kappa shape index (κ3) is 2.63. The van der Waals surface area contributed by atoms with Gasteiger partial charge in [0.15, 0.2) is 0 Å². The van der Waals surface area contributed by atoms with E-state index in [0.717, 1.165) is 23.7 Å². The molecule has 0 N–H and O–H groups in total. The highest BCUT2D eigenvalue weighted by molar-refractivity contribution is 4.88. The molecule has 2 fully saturated rings. The van der Waals surface area contributed by atoms with Crippen molar-refractivity contribution in [2.24, 2.45) is 29.1 Å². The van der Waals surface area contributed by atoms with Gasteiger partial charge in [0.1, 0.15) is 0 Å². The van der Waals surface area contributed by atoms with E-state index in [9.17, 15) is 0 Å². The van der Waals surface area contributed by atoms with Crippen molar-refractivity contribution in [3.05, 3.63) is 0 Å². The minimum Gasteiger partial charge on any atom is -0.0622 e. The predicted molar refractivity (Wildman–Crippen MR) is 71.4 cm³/mol. The molecule has 94 valence electrons. The average Bonchev–Trinajstić information content (AvgIpc) is 2.64. The molecule has 3 unspecified atom stereocenters. The van der Waals surface area contributed by atoms with Crippen molar-refractivity contribution >= 4 is 0 Å². The lowest BCUT2D eigenvalue weighted by Gasteiger charge is -2.33. The van der Waals surface area contributed by atoms with Gasteiger partial charge in [-0.05, 0) is 48.3 Å². The third-order valence-electron chi connectivity index (χ3n) is 5.41. The second-order valence-corrected chi connectivity index (χ2v) is 7.48. The Balaban J connectivity index is 2.09. The second-order valence-electron chi connectivity index (χ2n) is 7.48. The highest BCUT2D eigenvalue weighted by Crippen LogP contribution is 2.48. The lowest BCUT2D eigenvalue weighted by molar-refractivity contribution is 0.157. The molecule has 2 aliphatic carbocycles. The quantitative estimate of drug-likeness (QED) is 0.530. The zero-order chi connectivity index (χ0) is 11.8. The molecule has 0 nitrogen and oxygen atoms in total. The molecule has 0 radical (unpaired) electrons. The molecule has 3 atom stereocenters. The summed E-state index contributed by atoms with van der Waals surface area (Å²) in [5, 5.41) is 0. The van der Waals surface area contributed by atoms with Gasteiger partial charge >= 0.3 is 0 Å². The number of rotatable bonds is 1. The maximum atomic E-state index is 2.53. The average molecular weight is 222 g/mol. The van der Waals surface area contributed by atoms with Crippen LogP contribution in [0.2, 0.25) is 0 Å². The van der Waals surface area contributed by atoms with Gasteiger partial charge in [0.2, 0.25) is 0 Å². The van der Waals surface area contributed by atoms with Crippen LogP contribution in [-0.2, 0) is 0 Å². The third-order valence-corrected chi connectivity index (χ3v) is 5.41. The first-order valence-corrected chi connectivity index (χ1v) is 7.49. The molecule has 2 rings (SSSR count). The van der Waals surface area contributed by atoms with E-state index in [0.29, 0.717) is 5.41 Å². The van der Waals surface area contributed by atoms with Crippen LogP contribution in [0.1, 0.15) is 72.6 Å². The molecule has 2 saturated carbocycles. The Morgan fingerprint density at radius 3 is 2.12 bits per heavy atom. The van der Waals surface area contributed by atoms with E-state index in [1.54, 1.807) is 0 Å². The minimum atomic E-state index is 0.598. The molecular formula is C16H30. The molecule has 0 aromatic heterocycles. The van der Waals surface area contributed by atoms with Crippen molar-refractivity contribution in [2.75, 3.05) is 0 Å². The Labute approximate surface area is 102 Å². The molecule has 0 heterocycles. The molecule has 0 aromatic rings. The van der Waals surface area contributed by atoms with Crippen LogP contribution in [-0.4, -0.2) is 0 Å². The Morgan fingerprint density at radius 1 is 0.875 bits per heavy atom. The van der Waals surface area contributed by atoms with Gasteiger partial charge in [-0.3, -0.25) is 0 Å². The first-order chi connectivity index (χ1) is 7.49. The van der Waals surface area contributed by atoms with E-state index in [1.807, 2.05) is 0 Å². The molecule has 0 aromatic carbocycles. The fourth-order valence-corrected chi connectivity index (χ4v) is 4.75. The molecule has 0 aliphatic heterocycles. The molecule has 0 amide bonds. The molecule has 0 heteroatoms. The maximum absolute atomic E-state index is 2.53. The summed E-state index contributed by atoms with van der Waals surface area (Å²) in [5.41, 5.74) is 0.598. The van der Waals surface area contributed by atoms with Crippen molar-refractivity contribution in [3.8, 4) is 0 Å². The summed E-state index contributed by atoms with van der Waals surface area (Å²) in [6.45, 7) is 10.0. The standard InChI is InChI=1S/C16H30/c1-12-9-10-16(3,4)11-13(2)15(12)14-7-5-6-8-14/h12-15H,5-11H2,1-4H3. The van der Waals surface area contributed by atoms with E-state index in [1.165, 1.54) is 44.9 Å². The molecule has 2 aliphatic rings. The van der Waals surface area contributed by atoms with Crippen LogP contribution in [0.3, 0.4) is 0 Å². The SMILES string of the molecule is CC1CCC(C)(C)CC(C)C1C1CCCC1. The van der Waals surface area contributed by atoms with E-state index < -0.39 is 0 Å². The maximum Gasteiger partial charge on any atom is -0.0334 e. The van der Waals surface area contributed by atoms with Gasteiger partial charge in [0, 0.05) is 0 Å². The largest absolute Gasteiger partial charge is 0.0622 e. The lowest BCUT2D eigenvalue weighted by Crippen LogP contribution is -2.26. The van der Waals surface area contributed by atoms with Crippen molar-refractivity contribution in [1.29, 1.82) is 0 Å². The molecular weight excluding hydrogens is 192 g/mol. The van der Waals surface area contributed by atoms with E-state index in [4.69, 9.17) is 0 Å². The van der Waals surface area contributed by atoms with E-state index >= 15 is 0 Å². The number of hydrogen-bond donors (Lipinski definition) is 0. The van der Waals surface area contributed by atoms with E-state index in [-0.39, 0.29) is 0 Å². The Bertz CT molecular complexity index is 222. The highest BCUT2D eigenvalue weighted by Gasteiger charge is 2.38. The first kappa shape index (κ1) is 12.5. The summed E-state index contributed by atoms with van der Waals surface area (Å²) in [6.07, 6.45) is 10.4. The molecule has 0 bridgehead atoms. The number of hydrogen-bond acceptors (Lipinski definition) is 0. The Morgan fingerprint density at radius 2 is 1.50 bits per heavy atom. The van der Waals surface area contributed by atoms with Gasteiger partial charge in [-0.25, -0.2) is 0 Å². The van der Waals surface area contributed by atoms with E-state index in [2.05, 4.69) is 27.7 Å². The minimum absolute atomic E-state index is 0.598. The summed E-state index contributed by atoms with van der Waals surface area (Å²) < 4.78 is 0. The Kier molecular flexibility index (Phi) is 3.66. The predicted octanol–water partition coefficient (Wildman–Crippen LogP) is 5.28. The van der Waals surface area contributed by atoms with Gasteiger partial charge < -0.3 is 0 Å². The van der Waals surface area contributed by atoms with Crippen LogP contribution in [0, 0.1) is 29.1 Å². The van der Waals surface area contributed by atoms with Crippen LogP contribution in [0.15, 0.2) is 0 Å². The summed E-state index contributed by atoms with van der Waals surface area (Å²) >= 11 is 0. The lowest BCUT2D eigenvalue weighted by atomic mass is 9.72. The summed E-state index contributed by atoms with van der Waals surface area (Å²) in [6, 6.07) is 0. The zero-order valence-corrected chi connectivity index (χ0v) is 11.8. The van der Waals surface area contributed by atoms with Crippen molar-refractivity contribution < 1.29 is 0 Å². The highest BCUT2D eigenvalue weighted by atomic mass is 14.4. The van der Waals surface area contributed by atoms with Crippen molar-refractivity contribution in [3.63, 3.8) is 0 Å². The second kappa shape index (κ2) is 4.70. The summed E-state index contributed by atoms with van der Waals surface area (Å²) in [5.74, 6) is 4.03. The van der Waals surface area contributed by atoms with Crippen LogP contribution in [0.25, 0.3) is 0 Å². The zero-order valence-electron chi connectivity index (χ0n) is 11.8. The van der Waals surface area contributed by atoms with Gasteiger partial charge in [0.25, 0.3) is 0 Å². The van der Waals surface area contributed by atoms with Gasteiger partial charge in [-0.15, -0.1) is 0 Å². The molecule has 0 saturated heterocycles. The molecule has 0 spiro atoms. The van der Waals surface area contributed by atoms with Crippen LogP contribution in [0.5, 0.6) is 0 Å². The first-order valence-electron chi connectivity index (χ1n) is 7.49. The summed E-state index contributed by atoms with van der Waals surface area (Å²) in [4.78, 5) is 0.